The highest BCUT2D eigenvalue weighted by Gasteiger charge is 2.30. The van der Waals surface area contributed by atoms with E-state index in [0.29, 0.717) is 25.7 Å². The SMILES string of the molecule is CCCCCCCCCCCCCCCCCCCCCCCC(=O)OC[C@H](COP(=O)(O)OC[C@@H](O)COP(=O)(O)OC[C@@H](COC(=O)CCCCCCC)OC(=O)CCCCCCCCCC)OC(=O)CCCCCCCCCCCCCCCCCCCCC(C)CC. The number of hydrogen-bond acceptors (Lipinski definition) is 15. The van der Waals surface area contributed by atoms with Crippen molar-refractivity contribution in [1.82, 2.24) is 0 Å². The van der Waals surface area contributed by atoms with E-state index in [1.807, 2.05) is 0 Å². The zero-order chi connectivity index (χ0) is 70.5. The number of ether oxygens (including phenoxy) is 4. The summed E-state index contributed by atoms with van der Waals surface area (Å²) in [6.07, 6.45) is 60.4. The highest BCUT2D eigenvalue weighted by Crippen LogP contribution is 2.45. The van der Waals surface area contributed by atoms with Crippen molar-refractivity contribution in [3.63, 3.8) is 0 Å². The molecule has 0 saturated carbocycles. The summed E-state index contributed by atoms with van der Waals surface area (Å²) in [5.41, 5.74) is 0. The van der Waals surface area contributed by atoms with Gasteiger partial charge in [0.2, 0.25) is 0 Å². The molecule has 3 N–H and O–H groups in total. The van der Waals surface area contributed by atoms with Gasteiger partial charge in [0, 0.05) is 25.7 Å². The van der Waals surface area contributed by atoms with Gasteiger partial charge in [-0.05, 0) is 31.6 Å². The lowest BCUT2D eigenvalue weighted by atomic mass is 9.99. The third-order valence-electron chi connectivity index (χ3n) is 18.4. The van der Waals surface area contributed by atoms with Gasteiger partial charge < -0.3 is 33.8 Å². The highest BCUT2D eigenvalue weighted by molar-refractivity contribution is 7.47. The summed E-state index contributed by atoms with van der Waals surface area (Å²) < 4.78 is 68.2. The molecule has 0 fully saturated rings. The van der Waals surface area contributed by atoms with Crippen molar-refractivity contribution in [2.24, 2.45) is 5.92 Å². The minimum atomic E-state index is -4.95. The van der Waals surface area contributed by atoms with Gasteiger partial charge in [-0.15, -0.1) is 0 Å². The maximum atomic E-state index is 13.1. The molecule has 0 aliphatic heterocycles. The zero-order valence-electron chi connectivity index (χ0n) is 62.5. The van der Waals surface area contributed by atoms with Crippen LogP contribution in [0, 0.1) is 5.92 Å². The number of unbranched alkanes of at least 4 members (excludes halogenated alkanes) is 48. The number of aliphatic hydroxyl groups is 1. The fourth-order valence-electron chi connectivity index (χ4n) is 11.8. The largest absolute Gasteiger partial charge is 0.472 e. The molecule has 0 radical (unpaired) electrons. The highest BCUT2D eigenvalue weighted by atomic mass is 31.2. The van der Waals surface area contributed by atoms with Crippen LogP contribution in [0.3, 0.4) is 0 Å². The average molecular weight is 1410 g/mol. The van der Waals surface area contributed by atoms with E-state index >= 15 is 0 Å². The number of aliphatic hydroxyl groups excluding tert-OH is 1. The molecule has 19 heteroatoms. The van der Waals surface area contributed by atoms with Crippen LogP contribution in [0.25, 0.3) is 0 Å². The van der Waals surface area contributed by atoms with Gasteiger partial charge in [0.05, 0.1) is 26.4 Å². The Balaban J connectivity index is 5.06. The molecule has 0 aromatic heterocycles. The van der Waals surface area contributed by atoms with Gasteiger partial charge in [-0.2, -0.15) is 0 Å². The van der Waals surface area contributed by atoms with Crippen molar-refractivity contribution in [1.29, 1.82) is 0 Å². The minimum Gasteiger partial charge on any atom is -0.462 e. The molecular weight excluding hydrogens is 1260 g/mol. The Morgan fingerprint density at radius 2 is 0.500 bits per heavy atom. The molecule has 0 rings (SSSR count). The van der Waals surface area contributed by atoms with E-state index in [0.717, 1.165) is 109 Å². The van der Waals surface area contributed by atoms with Gasteiger partial charge in [0.1, 0.15) is 19.3 Å². The maximum Gasteiger partial charge on any atom is 0.472 e. The molecule has 17 nitrogen and oxygen atoms in total. The molecular formula is C77H150O17P2. The Bertz CT molecular complexity index is 1840. The average Bonchev–Trinajstić information content (AvgIpc) is 2.32. The monoisotopic (exact) mass is 1410 g/mol. The van der Waals surface area contributed by atoms with Crippen LogP contribution in [0.5, 0.6) is 0 Å². The van der Waals surface area contributed by atoms with Crippen LogP contribution in [-0.2, 0) is 65.4 Å². The van der Waals surface area contributed by atoms with Gasteiger partial charge in [-0.3, -0.25) is 37.3 Å². The van der Waals surface area contributed by atoms with Crippen molar-refractivity contribution in [2.75, 3.05) is 39.6 Å². The predicted octanol–water partition coefficient (Wildman–Crippen LogP) is 22.9. The van der Waals surface area contributed by atoms with Crippen LogP contribution in [0.15, 0.2) is 0 Å². The molecule has 0 spiro atoms. The van der Waals surface area contributed by atoms with Gasteiger partial charge in [0.15, 0.2) is 12.2 Å². The molecule has 0 aromatic carbocycles. The van der Waals surface area contributed by atoms with Crippen LogP contribution < -0.4 is 0 Å². The summed E-state index contributed by atoms with van der Waals surface area (Å²) in [4.78, 5) is 72.4. The van der Waals surface area contributed by atoms with Crippen molar-refractivity contribution >= 4 is 39.5 Å². The van der Waals surface area contributed by atoms with Gasteiger partial charge in [0.25, 0.3) is 0 Å². The van der Waals surface area contributed by atoms with Crippen LogP contribution in [0.1, 0.15) is 407 Å². The molecule has 0 amide bonds. The predicted molar refractivity (Wildman–Crippen MR) is 391 cm³/mol. The second kappa shape index (κ2) is 70.1. The Hall–Kier alpha value is -1.94. The van der Waals surface area contributed by atoms with E-state index in [2.05, 4.69) is 34.6 Å². The lowest BCUT2D eigenvalue weighted by molar-refractivity contribution is -0.161. The van der Waals surface area contributed by atoms with E-state index in [-0.39, 0.29) is 25.7 Å². The van der Waals surface area contributed by atoms with Gasteiger partial charge in [-0.25, -0.2) is 9.13 Å². The fourth-order valence-corrected chi connectivity index (χ4v) is 13.4. The molecule has 0 heterocycles. The minimum absolute atomic E-state index is 0.104. The van der Waals surface area contributed by atoms with Gasteiger partial charge >= 0.3 is 39.5 Å². The van der Waals surface area contributed by atoms with Gasteiger partial charge in [-0.1, -0.05) is 356 Å². The third kappa shape index (κ3) is 69.2. The molecule has 3 unspecified atom stereocenters. The molecule has 0 aliphatic rings. The Kier molecular flexibility index (Phi) is 68.7. The zero-order valence-corrected chi connectivity index (χ0v) is 64.3. The summed E-state index contributed by atoms with van der Waals surface area (Å²) in [5.74, 6) is -1.26. The maximum absolute atomic E-state index is 13.1. The number of esters is 4. The van der Waals surface area contributed by atoms with E-state index in [4.69, 9.17) is 37.0 Å². The third-order valence-corrected chi connectivity index (χ3v) is 20.3. The summed E-state index contributed by atoms with van der Waals surface area (Å²) in [6, 6.07) is 0. The first-order valence-corrected chi connectivity index (χ1v) is 43.2. The standard InChI is InChI=1S/C77H150O17P2/c1-6-10-13-16-18-20-21-22-23-24-25-26-27-31-34-37-40-43-47-51-56-61-75(80)88-67-73(94-77(82)63-58-53-48-44-41-38-35-32-29-28-30-33-36-39-42-45-50-54-59-70(5)9-4)69-92-96(85,86)90-65-71(78)64-89-95(83,84)91-68-72(66-87-74(79)60-55-49-15-12-8-3)93-76(81)62-57-52-46-19-17-14-11-7-2/h70-73,78H,6-69H2,1-5H3,(H,83,84)(H,85,86)/t70?,71-,72+,73+/m0/s1. The number of hydrogen-bond donors (Lipinski definition) is 3. The number of phosphoric ester groups is 2. The lowest BCUT2D eigenvalue weighted by Crippen LogP contribution is -2.30. The molecule has 0 aromatic rings. The number of carbonyl (C=O) groups excluding carboxylic acids is 4. The van der Waals surface area contributed by atoms with Crippen LogP contribution in [-0.4, -0.2) is 96.7 Å². The molecule has 570 valence electrons. The van der Waals surface area contributed by atoms with Crippen molar-refractivity contribution in [2.45, 2.75) is 425 Å². The quantitative estimate of drug-likeness (QED) is 0.0222. The van der Waals surface area contributed by atoms with Crippen LogP contribution in [0.4, 0.5) is 0 Å². The van der Waals surface area contributed by atoms with Crippen molar-refractivity contribution < 1.29 is 80.2 Å². The second-order valence-corrected chi connectivity index (χ2v) is 30.9. The van der Waals surface area contributed by atoms with E-state index < -0.39 is 97.5 Å². The van der Waals surface area contributed by atoms with Crippen LogP contribution >= 0.6 is 15.6 Å². The topological polar surface area (TPSA) is 237 Å². The molecule has 0 bridgehead atoms. The first-order valence-electron chi connectivity index (χ1n) is 40.2. The first kappa shape index (κ1) is 94.1. The Morgan fingerprint density at radius 1 is 0.292 bits per heavy atom. The Morgan fingerprint density at radius 3 is 0.740 bits per heavy atom. The number of carbonyl (C=O) groups is 4. The summed E-state index contributed by atoms with van der Waals surface area (Å²) in [7, 11) is -9.89. The molecule has 0 aliphatic carbocycles. The van der Waals surface area contributed by atoms with Crippen molar-refractivity contribution in [3.8, 4) is 0 Å². The normalized spacial score (nSPS) is 14.2. The molecule has 6 atom stereocenters. The van der Waals surface area contributed by atoms with E-state index in [1.54, 1.807) is 0 Å². The summed E-state index contributed by atoms with van der Waals surface area (Å²) >= 11 is 0. The first-order chi connectivity index (χ1) is 46.6. The van der Waals surface area contributed by atoms with E-state index in [1.165, 1.54) is 218 Å². The van der Waals surface area contributed by atoms with Crippen LogP contribution in [0.2, 0.25) is 0 Å². The fraction of sp³-hybridized carbons (Fsp3) is 0.948. The summed E-state index contributed by atoms with van der Waals surface area (Å²) in [6.45, 7) is 7.23. The smallest absolute Gasteiger partial charge is 0.462 e. The summed E-state index contributed by atoms with van der Waals surface area (Å²) in [5, 5.41) is 10.6. The Labute approximate surface area is 588 Å². The lowest BCUT2D eigenvalue weighted by Gasteiger charge is -2.21. The number of rotatable bonds is 77. The van der Waals surface area contributed by atoms with E-state index in [9.17, 15) is 43.2 Å². The number of phosphoric acid groups is 2. The molecule has 0 saturated heterocycles. The molecule has 96 heavy (non-hydrogen) atoms. The van der Waals surface area contributed by atoms with Crippen molar-refractivity contribution in [3.05, 3.63) is 0 Å². The second-order valence-electron chi connectivity index (χ2n) is 28.0.